The summed E-state index contributed by atoms with van der Waals surface area (Å²) in [5.41, 5.74) is -0.907. The third kappa shape index (κ3) is 4.03. The zero-order chi connectivity index (χ0) is 11.3. The molecule has 0 radical (unpaired) electrons. The van der Waals surface area contributed by atoms with Crippen LogP contribution in [-0.2, 0) is 18.9 Å². The fraction of sp³-hybridized carbons (Fsp3) is 0.889. The third-order valence-electron chi connectivity index (χ3n) is 2.04. The Hall–Kier alpha value is -0.850. The molecule has 6 heteroatoms. The van der Waals surface area contributed by atoms with Crippen LogP contribution in [0, 0.1) is 0 Å². The molecule has 88 valence electrons. The van der Waals surface area contributed by atoms with E-state index in [0.717, 1.165) is 0 Å². The van der Waals surface area contributed by atoms with Gasteiger partial charge in [-0.1, -0.05) is 0 Å². The average Bonchev–Trinajstić information content (AvgIpc) is 2.15. The molecule has 0 aliphatic carbocycles. The predicted molar refractivity (Wildman–Crippen MR) is 49.7 cm³/mol. The van der Waals surface area contributed by atoms with Crippen LogP contribution in [0.15, 0.2) is 0 Å². The number of carbonyl (C=O) groups is 1. The van der Waals surface area contributed by atoms with Crippen LogP contribution in [0.4, 0.5) is 4.79 Å². The first-order valence-corrected chi connectivity index (χ1v) is 4.70. The van der Waals surface area contributed by atoms with Gasteiger partial charge in [0, 0.05) is 13.5 Å². The average molecular weight is 220 g/mol. The van der Waals surface area contributed by atoms with Gasteiger partial charge in [0.15, 0.2) is 11.9 Å². The van der Waals surface area contributed by atoms with Crippen molar-refractivity contribution >= 4 is 6.16 Å². The molecule has 0 amide bonds. The molecule has 0 saturated carbocycles. The molecule has 0 aromatic rings. The molecule has 0 bridgehead atoms. The van der Waals surface area contributed by atoms with E-state index in [4.69, 9.17) is 19.3 Å². The SMILES string of the molecule is COCCC1OCC(C)(OC(=O)O)CO1. The van der Waals surface area contributed by atoms with Gasteiger partial charge in [-0.3, -0.25) is 0 Å². The molecule has 0 unspecified atom stereocenters. The highest BCUT2D eigenvalue weighted by Crippen LogP contribution is 2.20. The Labute approximate surface area is 88.1 Å². The van der Waals surface area contributed by atoms with Gasteiger partial charge in [0.2, 0.25) is 0 Å². The summed E-state index contributed by atoms with van der Waals surface area (Å²) in [5, 5.41) is 8.48. The van der Waals surface area contributed by atoms with Crippen molar-refractivity contribution in [2.24, 2.45) is 0 Å². The van der Waals surface area contributed by atoms with Crippen molar-refractivity contribution in [1.29, 1.82) is 0 Å². The van der Waals surface area contributed by atoms with Crippen molar-refractivity contribution in [3.05, 3.63) is 0 Å². The largest absolute Gasteiger partial charge is 0.506 e. The Kier molecular flexibility index (Phi) is 4.31. The van der Waals surface area contributed by atoms with Gasteiger partial charge in [-0.2, -0.15) is 0 Å². The molecule has 1 fully saturated rings. The van der Waals surface area contributed by atoms with Gasteiger partial charge < -0.3 is 24.1 Å². The molecule has 0 atom stereocenters. The highest BCUT2D eigenvalue weighted by atomic mass is 16.7. The molecule has 1 rings (SSSR count). The number of rotatable bonds is 4. The maximum absolute atomic E-state index is 10.4. The summed E-state index contributed by atoms with van der Waals surface area (Å²) < 4.78 is 20.2. The fourth-order valence-corrected chi connectivity index (χ4v) is 1.28. The van der Waals surface area contributed by atoms with Crippen LogP contribution in [-0.4, -0.2) is 50.1 Å². The Morgan fingerprint density at radius 3 is 2.60 bits per heavy atom. The normalized spacial score (nSPS) is 31.2. The van der Waals surface area contributed by atoms with Crippen molar-refractivity contribution in [1.82, 2.24) is 0 Å². The van der Waals surface area contributed by atoms with Crippen LogP contribution >= 0.6 is 0 Å². The second-order valence-electron chi connectivity index (χ2n) is 3.65. The highest BCUT2D eigenvalue weighted by Gasteiger charge is 2.36. The quantitative estimate of drug-likeness (QED) is 0.708. The number of hydrogen-bond acceptors (Lipinski definition) is 5. The molecule has 0 aromatic heterocycles. The zero-order valence-corrected chi connectivity index (χ0v) is 8.89. The monoisotopic (exact) mass is 220 g/mol. The second-order valence-corrected chi connectivity index (χ2v) is 3.65. The lowest BCUT2D eigenvalue weighted by Gasteiger charge is -2.35. The Bertz CT molecular complexity index is 209. The first-order chi connectivity index (χ1) is 7.06. The molecule has 1 N–H and O–H groups in total. The minimum absolute atomic E-state index is 0.202. The van der Waals surface area contributed by atoms with Gasteiger partial charge >= 0.3 is 6.16 Å². The topological polar surface area (TPSA) is 74.2 Å². The third-order valence-corrected chi connectivity index (χ3v) is 2.04. The number of hydrogen-bond donors (Lipinski definition) is 1. The maximum Gasteiger partial charge on any atom is 0.506 e. The summed E-state index contributed by atoms with van der Waals surface area (Å²) in [6, 6.07) is 0. The van der Waals surface area contributed by atoms with E-state index in [1.165, 1.54) is 0 Å². The smallest absolute Gasteiger partial charge is 0.450 e. The van der Waals surface area contributed by atoms with E-state index in [2.05, 4.69) is 4.74 Å². The van der Waals surface area contributed by atoms with E-state index < -0.39 is 11.8 Å². The van der Waals surface area contributed by atoms with Gasteiger partial charge in [-0.05, 0) is 6.92 Å². The minimum atomic E-state index is -1.32. The van der Waals surface area contributed by atoms with Gasteiger partial charge in [0.25, 0.3) is 0 Å². The summed E-state index contributed by atoms with van der Waals surface area (Å²) >= 11 is 0. The van der Waals surface area contributed by atoms with Crippen LogP contribution in [0.25, 0.3) is 0 Å². The lowest BCUT2D eigenvalue weighted by Crippen LogP contribution is -2.48. The molecule has 1 aliphatic rings. The summed E-state index contributed by atoms with van der Waals surface area (Å²) in [5.74, 6) is 0. The standard InChI is InChI=1S/C9H16O6/c1-9(15-8(10)11)5-13-7(14-6-9)3-4-12-2/h7H,3-6H2,1-2H3,(H,10,11). The van der Waals surface area contributed by atoms with E-state index in [9.17, 15) is 4.79 Å². The van der Waals surface area contributed by atoms with Crippen molar-refractivity contribution in [3.63, 3.8) is 0 Å². The second kappa shape index (κ2) is 5.29. The maximum atomic E-state index is 10.4. The van der Waals surface area contributed by atoms with Gasteiger partial charge in [0.05, 0.1) is 19.8 Å². The minimum Gasteiger partial charge on any atom is -0.450 e. The van der Waals surface area contributed by atoms with Crippen LogP contribution in [0.1, 0.15) is 13.3 Å². The van der Waals surface area contributed by atoms with Crippen molar-refractivity contribution in [2.75, 3.05) is 26.9 Å². The molecular formula is C9H16O6. The van der Waals surface area contributed by atoms with Gasteiger partial charge in [0.1, 0.15) is 0 Å². The Morgan fingerprint density at radius 1 is 1.53 bits per heavy atom. The molecule has 1 aliphatic heterocycles. The summed E-state index contributed by atoms with van der Waals surface area (Å²) in [6.45, 7) is 2.58. The van der Waals surface area contributed by atoms with E-state index in [1.54, 1.807) is 14.0 Å². The molecule has 1 saturated heterocycles. The highest BCUT2D eigenvalue weighted by molar-refractivity contribution is 5.57. The summed E-state index contributed by atoms with van der Waals surface area (Å²) in [4.78, 5) is 10.4. The van der Waals surface area contributed by atoms with Gasteiger partial charge in [-0.15, -0.1) is 0 Å². The lowest BCUT2D eigenvalue weighted by atomic mass is 10.1. The van der Waals surface area contributed by atoms with E-state index in [-0.39, 0.29) is 19.5 Å². The van der Waals surface area contributed by atoms with E-state index >= 15 is 0 Å². The molecule has 0 spiro atoms. The number of carboxylic acid groups (broad SMARTS) is 1. The number of ether oxygens (including phenoxy) is 4. The first kappa shape index (κ1) is 12.2. The van der Waals surface area contributed by atoms with Gasteiger partial charge in [-0.25, -0.2) is 4.79 Å². The predicted octanol–water partition coefficient (Wildman–Crippen LogP) is 0.849. The molecular weight excluding hydrogens is 204 g/mol. The first-order valence-electron chi connectivity index (χ1n) is 4.70. The molecule has 1 heterocycles. The van der Waals surface area contributed by atoms with Crippen LogP contribution in [0.2, 0.25) is 0 Å². The molecule has 6 nitrogen and oxygen atoms in total. The molecule has 0 aromatic carbocycles. The number of methoxy groups -OCH3 is 1. The van der Waals surface area contributed by atoms with Crippen molar-refractivity contribution < 1.29 is 28.8 Å². The van der Waals surface area contributed by atoms with Crippen LogP contribution in [0.5, 0.6) is 0 Å². The van der Waals surface area contributed by atoms with Crippen LogP contribution in [0.3, 0.4) is 0 Å². The van der Waals surface area contributed by atoms with E-state index in [1.807, 2.05) is 0 Å². The summed E-state index contributed by atoms with van der Waals surface area (Å²) in [7, 11) is 1.60. The lowest BCUT2D eigenvalue weighted by molar-refractivity contribution is -0.252. The fourth-order valence-electron chi connectivity index (χ4n) is 1.28. The Balaban J connectivity index is 2.30. The van der Waals surface area contributed by atoms with Crippen molar-refractivity contribution in [2.45, 2.75) is 25.2 Å². The summed E-state index contributed by atoms with van der Waals surface area (Å²) in [6.07, 6.45) is -1.03. The van der Waals surface area contributed by atoms with Crippen molar-refractivity contribution in [3.8, 4) is 0 Å². The van der Waals surface area contributed by atoms with E-state index in [0.29, 0.717) is 13.0 Å². The zero-order valence-electron chi connectivity index (χ0n) is 8.89. The van der Waals surface area contributed by atoms with Crippen LogP contribution < -0.4 is 0 Å². The molecule has 15 heavy (non-hydrogen) atoms. The Morgan fingerprint density at radius 2 is 2.13 bits per heavy atom.